The van der Waals surface area contributed by atoms with Crippen LogP contribution in [-0.4, -0.2) is 4.98 Å². The minimum Gasteiger partial charge on any atom is -0.456 e. The van der Waals surface area contributed by atoms with Gasteiger partial charge in [-0.1, -0.05) is 84.9 Å². The minimum atomic E-state index is 0.625. The van der Waals surface area contributed by atoms with Crippen LogP contribution >= 0.6 is 11.3 Å². The van der Waals surface area contributed by atoms with E-state index in [0.717, 1.165) is 77.2 Å². The summed E-state index contributed by atoms with van der Waals surface area (Å²) in [6, 6.07) is 55.7. The van der Waals surface area contributed by atoms with E-state index in [-0.39, 0.29) is 0 Å². The van der Waals surface area contributed by atoms with E-state index in [0.29, 0.717) is 5.89 Å². The van der Waals surface area contributed by atoms with Crippen LogP contribution in [0.25, 0.3) is 86.2 Å². The van der Waals surface area contributed by atoms with E-state index in [1.165, 1.54) is 20.2 Å². The van der Waals surface area contributed by atoms with Crippen molar-refractivity contribution in [2.75, 3.05) is 4.90 Å². The Morgan fingerprint density at radius 1 is 0.460 bits per heavy atom. The van der Waals surface area contributed by atoms with Crippen molar-refractivity contribution in [3.8, 4) is 11.5 Å². The number of hydrogen-bond acceptors (Lipinski definition) is 5. The molecule has 0 fully saturated rings. The normalized spacial score (nSPS) is 12.0. The number of oxazole rings is 1. The second-order valence-corrected chi connectivity index (χ2v) is 13.8. The van der Waals surface area contributed by atoms with Crippen molar-refractivity contribution in [3.05, 3.63) is 158 Å². The van der Waals surface area contributed by atoms with Gasteiger partial charge >= 0.3 is 0 Å². The van der Waals surface area contributed by atoms with Crippen molar-refractivity contribution in [3.63, 3.8) is 0 Å². The highest BCUT2D eigenvalue weighted by molar-refractivity contribution is 7.25. The van der Waals surface area contributed by atoms with Gasteiger partial charge < -0.3 is 13.7 Å². The van der Waals surface area contributed by atoms with Crippen LogP contribution in [-0.2, 0) is 0 Å². The average molecular weight is 659 g/mol. The predicted molar refractivity (Wildman–Crippen MR) is 209 cm³/mol. The molecule has 0 aliphatic carbocycles. The quantitative estimate of drug-likeness (QED) is 0.177. The van der Waals surface area contributed by atoms with Crippen molar-refractivity contribution >= 4 is 103 Å². The van der Waals surface area contributed by atoms with Crippen molar-refractivity contribution in [2.24, 2.45) is 0 Å². The summed E-state index contributed by atoms with van der Waals surface area (Å²) in [5, 5.41) is 9.20. The first-order chi connectivity index (χ1) is 24.7. The summed E-state index contributed by atoms with van der Waals surface area (Å²) in [5.41, 5.74) is 7.57. The Morgan fingerprint density at radius 3 is 2.04 bits per heavy atom. The summed E-state index contributed by atoms with van der Waals surface area (Å²) >= 11 is 1.83. The van der Waals surface area contributed by atoms with E-state index < -0.39 is 0 Å². The van der Waals surface area contributed by atoms with Crippen LogP contribution < -0.4 is 4.90 Å². The molecule has 234 valence electrons. The third-order valence-electron chi connectivity index (χ3n) is 9.86. The molecule has 11 rings (SSSR count). The average Bonchev–Trinajstić information content (AvgIpc) is 3.88. The van der Waals surface area contributed by atoms with Crippen molar-refractivity contribution in [1.29, 1.82) is 0 Å². The molecule has 0 atom stereocenters. The van der Waals surface area contributed by atoms with Gasteiger partial charge in [-0.25, -0.2) is 4.98 Å². The first-order valence-corrected chi connectivity index (χ1v) is 17.5. The zero-order chi connectivity index (χ0) is 32.8. The van der Waals surface area contributed by atoms with Crippen molar-refractivity contribution < 1.29 is 8.83 Å². The van der Waals surface area contributed by atoms with Crippen LogP contribution in [0.3, 0.4) is 0 Å². The van der Waals surface area contributed by atoms with Gasteiger partial charge in [0.25, 0.3) is 0 Å². The molecule has 5 heteroatoms. The number of nitrogens with zero attached hydrogens (tertiary/aromatic N) is 2. The molecule has 50 heavy (non-hydrogen) atoms. The summed E-state index contributed by atoms with van der Waals surface area (Å²) in [6.07, 6.45) is 0. The molecule has 8 aromatic carbocycles. The van der Waals surface area contributed by atoms with Crippen LogP contribution in [0, 0.1) is 0 Å². The van der Waals surface area contributed by atoms with Crippen LogP contribution in [0.2, 0.25) is 0 Å². The maximum atomic E-state index is 6.57. The van der Waals surface area contributed by atoms with E-state index >= 15 is 0 Å². The van der Waals surface area contributed by atoms with Gasteiger partial charge in [0.1, 0.15) is 16.7 Å². The molecule has 0 aliphatic heterocycles. The Balaban J connectivity index is 1.17. The van der Waals surface area contributed by atoms with Gasteiger partial charge in [0, 0.05) is 59.0 Å². The van der Waals surface area contributed by atoms with Gasteiger partial charge in [0.2, 0.25) is 5.89 Å². The molecule has 0 unspecified atom stereocenters. The highest BCUT2D eigenvalue weighted by atomic mass is 32.1. The molecule has 0 saturated carbocycles. The summed E-state index contributed by atoms with van der Waals surface area (Å²) < 4.78 is 15.4. The first-order valence-electron chi connectivity index (χ1n) is 16.7. The van der Waals surface area contributed by atoms with E-state index in [4.69, 9.17) is 13.8 Å². The molecule has 11 aromatic rings. The topological polar surface area (TPSA) is 42.4 Å². The fraction of sp³-hybridized carbons (Fsp3) is 0. The Kier molecular flexibility index (Phi) is 5.80. The van der Waals surface area contributed by atoms with Gasteiger partial charge in [-0.15, -0.1) is 11.3 Å². The number of benzene rings is 8. The summed E-state index contributed by atoms with van der Waals surface area (Å²) in [4.78, 5) is 7.26. The minimum absolute atomic E-state index is 0.625. The molecule has 0 amide bonds. The highest BCUT2D eigenvalue weighted by Gasteiger charge is 2.19. The molecule has 3 aromatic heterocycles. The van der Waals surface area contributed by atoms with Crippen LogP contribution in [0.5, 0.6) is 0 Å². The van der Waals surface area contributed by atoms with E-state index in [2.05, 4.69) is 120 Å². The monoisotopic (exact) mass is 658 g/mol. The third kappa shape index (κ3) is 4.14. The summed E-state index contributed by atoms with van der Waals surface area (Å²) in [6.45, 7) is 0. The molecule has 0 N–H and O–H groups in total. The molecule has 0 saturated heterocycles. The molecule has 0 aliphatic rings. The lowest BCUT2D eigenvalue weighted by Crippen LogP contribution is -2.09. The Hall–Kier alpha value is -6.43. The maximum absolute atomic E-state index is 6.57. The number of anilines is 3. The Morgan fingerprint density at radius 2 is 1.12 bits per heavy atom. The number of thiophene rings is 1. The van der Waals surface area contributed by atoms with Gasteiger partial charge in [-0.05, 0) is 89.0 Å². The first kappa shape index (κ1) is 27.5. The molecule has 0 radical (unpaired) electrons. The maximum Gasteiger partial charge on any atom is 0.227 e. The molecular weight excluding hydrogens is 633 g/mol. The Bertz CT molecular complexity index is 3120. The van der Waals surface area contributed by atoms with Crippen LogP contribution in [0.15, 0.2) is 167 Å². The highest BCUT2D eigenvalue weighted by Crippen LogP contribution is 2.44. The zero-order valence-corrected chi connectivity index (χ0v) is 27.4. The lowest BCUT2D eigenvalue weighted by Gasteiger charge is -2.26. The molecule has 4 nitrogen and oxygen atoms in total. The third-order valence-corrected chi connectivity index (χ3v) is 11.0. The largest absolute Gasteiger partial charge is 0.456 e. The summed E-state index contributed by atoms with van der Waals surface area (Å²) in [7, 11) is 0. The number of aromatic nitrogens is 1. The number of para-hydroxylation sites is 1. The van der Waals surface area contributed by atoms with Gasteiger partial charge in [-0.3, -0.25) is 0 Å². The molecular formula is C45H26N2O2S. The standard InChI is InChI=1S/C45H26N2O2S/c1-2-8-29(9-3-1)45-46-38-22-17-28-15-14-27-16-18-30(24-36(27)43(28)44(38)49-45)47(31-20-23-40-37(25-31)33-10-4-6-12-39(33)48-40)32-19-21-35-34-11-5-7-13-41(34)50-42(35)26-32/h1-26H. The fourth-order valence-electron chi connectivity index (χ4n) is 7.51. The van der Waals surface area contributed by atoms with E-state index in [1.807, 2.05) is 53.8 Å². The number of fused-ring (bicyclic) bond motifs is 11. The van der Waals surface area contributed by atoms with Crippen LogP contribution in [0.1, 0.15) is 0 Å². The van der Waals surface area contributed by atoms with Crippen molar-refractivity contribution in [1.82, 2.24) is 4.98 Å². The molecule has 0 spiro atoms. The van der Waals surface area contributed by atoms with Gasteiger partial charge in [0.05, 0.1) is 0 Å². The SMILES string of the molecule is c1ccc(-c2nc3ccc4ccc5ccc(N(c6ccc7c(c6)sc6ccccc67)c6ccc7oc8ccccc8c7c6)cc5c4c3o2)cc1. The zero-order valence-electron chi connectivity index (χ0n) is 26.6. The second-order valence-electron chi connectivity index (χ2n) is 12.8. The van der Waals surface area contributed by atoms with E-state index in [9.17, 15) is 0 Å². The second kappa shape index (κ2) is 10.5. The predicted octanol–water partition coefficient (Wildman–Crippen LogP) is 13.5. The number of rotatable bonds is 4. The van der Waals surface area contributed by atoms with E-state index in [1.54, 1.807) is 0 Å². The van der Waals surface area contributed by atoms with Gasteiger partial charge in [-0.2, -0.15) is 0 Å². The molecule has 3 heterocycles. The Labute approximate surface area is 290 Å². The lowest BCUT2D eigenvalue weighted by molar-refractivity contribution is 0.623. The molecule has 0 bridgehead atoms. The van der Waals surface area contributed by atoms with Gasteiger partial charge in [0.15, 0.2) is 5.58 Å². The van der Waals surface area contributed by atoms with Crippen LogP contribution in [0.4, 0.5) is 17.1 Å². The lowest BCUT2D eigenvalue weighted by atomic mass is 10.00. The van der Waals surface area contributed by atoms with Crippen molar-refractivity contribution in [2.45, 2.75) is 0 Å². The number of furan rings is 1. The summed E-state index contributed by atoms with van der Waals surface area (Å²) in [5.74, 6) is 0.625. The fourth-order valence-corrected chi connectivity index (χ4v) is 8.65. The number of hydrogen-bond donors (Lipinski definition) is 0. The smallest absolute Gasteiger partial charge is 0.227 e.